The van der Waals surface area contributed by atoms with Gasteiger partial charge < -0.3 is 10.6 Å². The number of carbonyl (C=O) groups excluding carboxylic acids is 1. The zero-order valence-electron chi connectivity index (χ0n) is 10.3. The van der Waals surface area contributed by atoms with Gasteiger partial charge in [0.2, 0.25) is 0 Å². The highest BCUT2D eigenvalue weighted by molar-refractivity contribution is 5.92. The van der Waals surface area contributed by atoms with Crippen LogP contribution in [0.3, 0.4) is 0 Å². The van der Waals surface area contributed by atoms with Crippen molar-refractivity contribution in [1.29, 1.82) is 0 Å². The summed E-state index contributed by atoms with van der Waals surface area (Å²) in [6, 6.07) is 3.38. The lowest BCUT2D eigenvalue weighted by molar-refractivity contribution is 0.0750. The summed E-state index contributed by atoms with van der Waals surface area (Å²) in [4.78, 5) is 17.9. The van der Waals surface area contributed by atoms with Crippen LogP contribution in [0.25, 0.3) is 0 Å². The third-order valence-corrected chi connectivity index (χ3v) is 2.28. The van der Waals surface area contributed by atoms with E-state index < -0.39 is 0 Å². The highest BCUT2D eigenvalue weighted by Gasteiger charge is 2.14. The predicted molar refractivity (Wildman–Crippen MR) is 72.4 cm³/mol. The standard InChI is InChI=1S/C12H19N3O.ClH/c1-3-7-15(8-4-2)12(16)11-6-5-10(13)9-14-11;/h5-6,9H,3-4,7-8,13H2,1-2H3;1H. The molecular formula is C12H20ClN3O. The summed E-state index contributed by atoms with van der Waals surface area (Å²) in [5.41, 5.74) is 6.58. The predicted octanol–water partition coefficient (Wildman–Crippen LogP) is 2.35. The number of hydrogen-bond acceptors (Lipinski definition) is 3. The molecule has 0 radical (unpaired) electrons. The van der Waals surface area contributed by atoms with Gasteiger partial charge in [0.05, 0.1) is 11.9 Å². The van der Waals surface area contributed by atoms with Gasteiger partial charge in [-0.25, -0.2) is 4.98 Å². The average Bonchev–Trinajstić information content (AvgIpc) is 2.29. The minimum atomic E-state index is -0.0105. The summed E-state index contributed by atoms with van der Waals surface area (Å²) in [7, 11) is 0. The van der Waals surface area contributed by atoms with Crippen molar-refractivity contribution in [3.05, 3.63) is 24.0 Å². The van der Waals surface area contributed by atoms with Crippen LogP contribution in [0.1, 0.15) is 37.2 Å². The number of nitrogens with zero attached hydrogens (tertiary/aromatic N) is 2. The molecule has 4 nitrogen and oxygen atoms in total. The van der Waals surface area contributed by atoms with Gasteiger partial charge in [-0.1, -0.05) is 13.8 Å². The lowest BCUT2D eigenvalue weighted by Gasteiger charge is -2.20. The number of amides is 1. The van der Waals surface area contributed by atoms with Gasteiger partial charge in [-0.2, -0.15) is 0 Å². The van der Waals surface area contributed by atoms with E-state index >= 15 is 0 Å². The molecule has 0 aliphatic rings. The molecule has 96 valence electrons. The molecule has 1 aromatic heterocycles. The van der Waals surface area contributed by atoms with Crippen LogP contribution in [0.15, 0.2) is 18.3 Å². The minimum Gasteiger partial charge on any atom is -0.397 e. The van der Waals surface area contributed by atoms with Crippen molar-refractivity contribution in [3.8, 4) is 0 Å². The maximum absolute atomic E-state index is 12.1. The van der Waals surface area contributed by atoms with Crippen molar-refractivity contribution in [2.75, 3.05) is 18.8 Å². The van der Waals surface area contributed by atoms with Gasteiger partial charge >= 0.3 is 0 Å². The van der Waals surface area contributed by atoms with Crippen LogP contribution in [-0.4, -0.2) is 28.9 Å². The molecule has 0 bridgehead atoms. The van der Waals surface area contributed by atoms with E-state index in [0.717, 1.165) is 25.9 Å². The Bertz CT molecular complexity index is 334. The first-order chi connectivity index (χ1) is 7.69. The quantitative estimate of drug-likeness (QED) is 0.881. The average molecular weight is 258 g/mol. The molecule has 1 heterocycles. The molecule has 1 rings (SSSR count). The second-order valence-electron chi connectivity index (χ2n) is 3.77. The number of anilines is 1. The number of halogens is 1. The van der Waals surface area contributed by atoms with Crippen LogP contribution in [0.5, 0.6) is 0 Å². The molecule has 17 heavy (non-hydrogen) atoms. The molecule has 0 atom stereocenters. The van der Waals surface area contributed by atoms with Crippen LogP contribution in [-0.2, 0) is 0 Å². The van der Waals surface area contributed by atoms with E-state index in [-0.39, 0.29) is 18.3 Å². The Balaban J connectivity index is 0.00000256. The van der Waals surface area contributed by atoms with Crippen molar-refractivity contribution in [2.24, 2.45) is 0 Å². The summed E-state index contributed by atoms with van der Waals surface area (Å²) in [5, 5.41) is 0. The van der Waals surface area contributed by atoms with Gasteiger partial charge in [-0.05, 0) is 25.0 Å². The molecule has 1 amide bonds. The Kier molecular flexibility index (Phi) is 7.30. The highest BCUT2D eigenvalue weighted by Crippen LogP contribution is 2.06. The molecule has 5 heteroatoms. The maximum atomic E-state index is 12.1. The van der Waals surface area contributed by atoms with E-state index in [2.05, 4.69) is 18.8 Å². The Morgan fingerprint density at radius 1 is 1.29 bits per heavy atom. The van der Waals surface area contributed by atoms with Gasteiger partial charge in [-0.3, -0.25) is 4.79 Å². The lowest BCUT2D eigenvalue weighted by atomic mass is 10.2. The molecule has 1 aromatic rings. The van der Waals surface area contributed by atoms with Gasteiger partial charge in [0, 0.05) is 13.1 Å². The smallest absolute Gasteiger partial charge is 0.272 e. The van der Waals surface area contributed by atoms with E-state index in [9.17, 15) is 4.79 Å². The maximum Gasteiger partial charge on any atom is 0.272 e. The molecule has 0 aromatic carbocycles. The fraction of sp³-hybridized carbons (Fsp3) is 0.500. The van der Waals surface area contributed by atoms with Gasteiger partial charge in [-0.15, -0.1) is 12.4 Å². The summed E-state index contributed by atoms with van der Waals surface area (Å²) in [5.74, 6) is -0.0105. The molecule has 0 saturated carbocycles. The Morgan fingerprint density at radius 2 is 1.88 bits per heavy atom. The normalized spacial score (nSPS) is 9.53. The molecule has 0 aliphatic heterocycles. The number of nitrogen functional groups attached to an aromatic ring is 1. The van der Waals surface area contributed by atoms with Crippen molar-refractivity contribution in [2.45, 2.75) is 26.7 Å². The van der Waals surface area contributed by atoms with E-state index in [1.165, 1.54) is 6.20 Å². The third-order valence-electron chi connectivity index (χ3n) is 2.28. The summed E-state index contributed by atoms with van der Waals surface area (Å²) in [6.07, 6.45) is 3.44. The molecule has 0 aliphatic carbocycles. The van der Waals surface area contributed by atoms with Gasteiger partial charge in [0.1, 0.15) is 5.69 Å². The summed E-state index contributed by atoms with van der Waals surface area (Å²) >= 11 is 0. The Labute approximate surface area is 109 Å². The molecule has 0 saturated heterocycles. The summed E-state index contributed by atoms with van der Waals surface area (Å²) < 4.78 is 0. The first kappa shape index (κ1) is 15.7. The van der Waals surface area contributed by atoms with Crippen LogP contribution in [0, 0.1) is 0 Å². The van der Waals surface area contributed by atoms with Gasteiger partial charge in [0.25, 0.3) is 5.91 Å². The van der Waals surface area contributed by atoms with E-state index in [0.29, 0.717) is 11.4 Å². The SMILES string of the molecule is CCCN(CCC)C(=O)c1ccc(N)cn1.Cl. The topological polar surface area (TPSA) is 59.2 Å². The highest BCUT2D eigenvalue weighted by atomic mass is 35.5. The van der Waals surface area contributed by atoms with Crippen LogP contribution < -0.4 is 5.73 Å². The number of rotatable bonds is 5. The zero-order chi connectivity index (χ0) is 12.0. The van der Waals surface area contributed by atoms with E-state index in [4.69, 9.17) is 5.73 Å². The number of carbonyl (C=O) groups is 1. The first-order valence-corrected chi connectivity index (χ1v) is 5.69. The Morgan fingerprint density at radius 3 is 2.29 bits per heavy atom. The number of aromatic nitrogens is 1. The second-order valence-corrected chi connectivity index (χ2v) is 3.77. The fourth-order valence-corrected chi connectivity index (χ4v) is 1.55. The molecular weight excluding hydrogens is 238 g/mol. The van der Waals surface area contributed by atoms with E-state index in [1.807, 2.05) is 4.90 Å². The van der Waals surface area contributed by atoms with Crippen LogP contribution in [0.4, 0.5) is 5.69 Å². The van der Waals surface area contributed by atoms with Crippen LogP contribution in [0.2, 0.25) is 0 Å². The van der Waals surface area contributed by atoms with Crippen molar-refractivity contribution in [3.63, 3.8) is 0 Å². The molecule has 0 fully saturated rings. The van der Waals surface area contributed by atoms with Crippen LogP contribution >= 0.6 is 12.4 Å². The molecule has 0 unspecified atom stereocenters. The number of nitrogens with two attached hydrogens (primary N) is 1. The lowest BCUT2D eigenvalue weighted by Crippen LogP contribution is -2.33. The van der Waals surface area contributed by atoms with Crippen molar-refractivity contribution >= 4 is 24.0 Å². The first-order valence-electron chi connectivity index (χ1n) is 5.69. The largest absolute Gasteiger partial charge is 0.397 e. The fourth-order valence-electron chi connectivity index (χ4n) is 1.55. The van der Waals surface area contributed by atoms with Crippen molar-refractivity contribution in [1.82, 2.24) is 9.88 Å². The van der Waals surface area contributed by atoms with E-state index in [1.54, 1.807) is 12.1 Å². The zero-order valence-corrected chi connectivity index (χ0v) is 11.2. The number of pyridine rings is 1. The monoisotopic (exact) mass is 257 g/mol. The minimum absolute atomic E-state index is 0. The second kappa shape index (κ2) is 7.90. The molecule has 0 spiro atoms. The molecule has 2 N–H and O–H groups in total. The third kappa shape index (κ3) is 4.61. The summed E-state index contributed by atoms with van der Waals surface area (Å²) in [6.45, 7) is 5.68. The Hall–Kier alpha value is -1.29. The van der Waals surface area contributed by atoms with Crippen molar-refractivity contribution < 1.29 is 4.79 Å². The number of hydrogen-bond donors (Lipinski definition) is 1. The van der Waals surface area contributed by atoms with Gasteiger partial charge in [0.15, 0.2) is 0 Å².